The molecule has 0 aromatic rings. The second-order valence-electron chi connectivity index (χ2n) is 10.7. The molecule has 4 heterocycles. The zero-order valence-electron chi connectivity index (χ0n) is 18.8. The number of hydrogen-bond donors (Lipinski definition) is 0. The van der Waals surface area contributed by atoms with Crippen molar-refractivity contribution < 1.29 is 28.5 Å². The van der Waals surface area contributed by atoms with Crippen LogP contribution in [0.2, 0.25) is 0 Å². The van der Waals surface area contributed by atoms with Gasteiger partial charge >= 0.3 is 0 Å². The third-order valence-corrected chi connectivity index (χ3v) is 6.39. The fourth-order valence-corrected chi connectivity index (χ4v) is 3.81. The molecule has 2 amide bonds. The summed E-state index contributed by atoms with van der Waals surface area (Å²) in [5, 5.41) is 0. The lowest BCUT2D eigenvalue weighted by molar-refractivity contribution is -0.134. The lowest BCUT2D eigenvalue weighted by Gasteiger charge is -2.27. The molecule has 0 N–H and O–H groups in total. The lowest BCUT2D eigenvalue weighted by Crippen LogP contribution is -2.43. The van der Waals surface area contributed by atoms with Gasteiger partial charge in [-0.25, -0.2) is 0 Å². The van der Waals surface area contributed by atoms with E-state index in [0.29, 0.717) is 78.3 Å². The number of unbranched alkanes of at least 4 members (excludes halogenated alkanes) is 1. The summed E-state index contributed by atoms with van der Waals surface area (Å²) >= 11 is 0. The van der Waals surface area contributed by atoms with Gasteiger partial charge in [0.15, 0.2) is 0 Å². The van der Waals surface area contributed by atoms with Crippen LogP contribution in [0.1, 0.15) is 53.4 Å². The van der Waals surface area contributed by atoms with Crippen LogP contribution in [-0.2, 0) is 28.5 Å². The summed E-state index contributed by atoms with van der Waals surface area (Å²) < 4.78 is 21.9. The predicted molar refractivity (Wildman–Crippen MR) is 109 cm³/mol. The Morgan fingerprint density at radius 3 is 1.03 bits per heavy atom. The summed E-state index contributed by atoms with van der Waals surface area (Å²) in [6, 6.07) is 0. The number of carbonyl (C=O) groups is 2. The highest BCUT2D eigenvalue weighted by atomic mass is 16.6. The molecule has 0 radical (unpaired) electrons. The molecule has 4 fully saturated rings. The van der Waals surface area contributed by atoms with Crippen molar-refractivity contribution in [2.24, 2.45) is 0 Å². The Morgan fingerprint density at radius 2 is 0.833 bits per heavy atom. The SMILES string of the molecule is CC1(CN(CC2(C)CO2)C(=O)CCCCC(=O)N(CC2(C)CO2)CC2(C)CO2)CO1. The molecule has 0 aliphatic carbocycles. The Morgan fingerprint density at radius 1 is 0.600 bits per heavy atom. The zero-order valence-corrected chi connectivity index (χ0v) is 18.8. The van der Waals surface area contributed by atoms with Crippen molar-refractivity contribution in [2.75, 3.05) is 52.6 Å². The van der Waals surface area contributed by atoms with Crippen LogP contribution in [0.3, 0.4) is 0 Å². The van der Waals surface area contributed by atoms with E-state index >= 15 is 0 Å². The van der Waals surface area contributed by atoms with Gasteiger partial charge in [0.05, 0.1) is 52.6 Å². The molecule has 4 aliphatic rings. The van der Waals surface area contributed by atoms with E-state index < -0.39 is 0 Å². The van der Waals surface area contributed by atoms with Crippen molar-refractivity contribution in [3.05, 3.63) is 0 Å². The molecule has 0 saturated carbocycles. The van der Waals surface area contributed by atoms with Gasteiger partial charge in [-0.05, 0) is 40.5 Å². The maximum atomic E-state index is 12.8. The van der Waals surface area contributed by atoms with E-state index in [0.717, 1.165) is 0 Å². The Labute approximate surface area is 179 Å². The molecule has 0 bridgehead atoms. The third-order valence-electron chi connectivity index (χ3n) is 6.39. The fourth-order valence-electron chi connectivity index (χ4n) is 3.81. The van der Waals surface area contributed by atoms with E-state index in [4.69, 9.17) is 18.9 Å². The quantitative estimate of drug-likeness (QED) is 0.328. The summed E-state index contributed by atoms with van der Waals surface area (Å²) in [6.07, 6.45) is 2.29. The topological polar surface area (TPSA) is 90.7 Å². The van der Waals surface area contributed by atoms with Crippen LogP contribution in [0.15, 0.2) is 0 Å². The number of ether oxygens (including phenoxy) is 4. The van der Waals surface area contributed by atoms with Gasteiger partial charge in [0, 0.05) is 12.8 Å². The van der Waals surface area contributed by atoms with Crippen molar-refractivity contribution >= 4 is 11.8 Å². The van der Waals surface area contributed by atoms with E-state index in [2.05, 4.69) is 0 Å². The summed E-state index contributed by atoms with van der Waals surface area (Å²) in [5.41, 5.74) is -0.836. The van der Waals surface area contributed by atoms with E-state index in [1.807, 2.05) is 37.5 Å². The fraction of sp³-hybridized carbons (Fsp3) is 0.909. The third kappa shape index (κ3) is 6.15. The van der Waals surface area contributed by atoms with Gasteiger partial charge in [0.1, 0.15) is 22.4 Å². The summed E-state index contributed by atoms with van der Waals surface area (Å²) in [4.78, 5) is 29.4. The number of rotatable bonds is 13. The molecule has 4 atom stereocenters. The molecule has 0 spiro atoms. The molecule has 8 nitrogen and oxygen atoms in total. The van der Waals surface area contributed by atoms with Gasteiger partial charge in [-0.2, -0.15) is 0 Å². The highest BCUT2D eigenvalue weighted by Gasteiger charge is 2.48. The first kappa shape index (κ1) is 22.0. The van der Waals surface area contributed by atoms with Crippen molar-refractivity contribution in [2.45, 2.75) is 75.8 Å². The molecule has 4 unspecified atom stereocenters. The minimum atomic E-state index is -0.209. The minimum Gasteiger partial charge on any atom is -0.368 e. The monoisotopic (exact) mass is 424 g/mol. The van der Waals surface area contributed by atoms with Crippen LogP contribution in [0.25, 0.3) is 0 Å². The highest BCUT2D eigenvalue weighted by molar-refractivity contribution is 5.77. The number of amides is 2. The van der Waals surface area contributed by atoms with Crippen LogP contribution < -0.4 is 0 Å². The Bertz CT molecular complexity index is 581. The molecule has 170 valence electrons. The van der Waals surface area contributed by atoms with Crippen LogP contribution in [0, 0.1) is 0 Å². The lowest BCUT2D eigenvalue weighted by atomic mass is 10.1. The average molecular weight is 425 g/mol. The highest BCUT2D eigenvalue weighted by Crippen LogP contribution is 2.33. The molecular weight excluding hydrogens is 388 g/mol. The van der Waals surface area contributed by atoms with Gasteiger partial charge < -0.3 is 28.7 Å². The van der Waals surface area contributed by atoms with Crippen molar-refractivity contribution in [1.82, 2.24) is 9.80 Å². The molecule has 4 aliphatic heterocycles. The molecule has 4 rings (SSSR count). The molecule has 0 aromatic carbocycles. The van der Waals surface area contributed by atoms with Gasteiger partial charge in [-0.1, -0.05) is 0 Å². The Hall–Kier alpha value is -1.22. The van der Waals surface area contributed by atoms with Crippen molar-refractivity contribution in [3.63, 3.8) is 0 Å². The van der Waals surface area contributed by atoms with E-state index in [1.54, 1.807) is 0 Å². The summed E-state index contributed by atoms with van der Waals surface area (Å²) in [5.74, 6) is 0.232. The second kappa shape index (κ2) is 7.73. The van der Waals surface area contributed by atoms with E-state index in [9.17, 15) is 9.59 Å². The van der Waals surface area contributed by atoms with Gasteiger partial charge in [0.25, 0.3) is 0 Å². The Kier molecular flexibility index (Phi) is 5.66. The molecule has 4 saturated heterocycles. The summed E-state index contributed by atoms with van der Waals surface area (Å²) in [6.45, 7) is 13.3. The molecule has 30 heavy (non-hydrogen) atoms. The van der Waals surface area contributed by atoms with Gasteiger partial charge in [-0.3, -0.25) is 9.59 Å². The van der Waals surface area contributed by atoms with Crippen LogP contribution in [-0.4, -0.2) is 96.6 Å². The van der Waals surface area contributed by atoms with Gasteiger partial charge in [-0.15, -0.1) is 0 Å². The van der Waals surface area contributed by atoms with Crippen LogP contribution in [0.5, 0.6) is 0 Å². The minimum absolute atomic E-state index is 0.116. The average Bonchev–Trinajstić information content (AvgIpc) is 3.49. The number of hydrogen-bond acceptors (Lipinski definition) is 6. The first-order valence-corrected chi connectivity index (χ1v) is 11.1. The second-order valence-corrected chi connectivity index (χ2v) is 10.7. The van der Waals surface area contributed by atoms with E-state index in [1.165, 1.54) is 0 Å². The zero-order chi connectivity index (χ0) is 21.6. The van der Waals surface area contributed by atoms with Crippen molar-refractivity contribution in [1.29, 1.82) is 0 Å². The molecule has 0 aromatic heterocycles. The van der Waals surface area contributed by atoms with Crippen molar-refractivity contribution in [3.8, 4) is 0 Å². The van der Waals surface area contributed by atoms with Gasteiger partial charge in [0.2, 0.25) is 11.8 Å². The first-order valence-electron chi connectivity index (χ1n) is 11.1. The standard InChI is InChI=1S/C22H36N2O6/c1-19(13-27-19)9-23(10-20(2)14-28-20)17(25)7-5-6-8-18(26)24(11-21(3)15-29-21)12-22(4)16-30-22/h5-16H2,1-4H3. The van der Waals surface area contributed by atoms with Crippen LogP contribution in [0.4, 0.5) is 0 Å². The summed E-state index contributed by atoms with van der Waals surface area (Å²) in [7, 11) is 0. The maximum Gasteiger partial charge on any atom is 0.222 e. The smallest absolute Gasteiger partial charge is 0.222 e. The Balaban J connectivity index is 1.21. The maximum absolute atomic E-state index is 12.8. The largest absolute Gasteiger partial charge is 0.368 e. The molecular formula is C22H36N2O6. The number of carbonyl (C=O) groups excluding carboxylic acids is 2. The number of nitrogens with zero attached hydrogens (tertiary/aromatic N) is 2. The number of epoxide rings is 4. The van der Waals surface area contributed by atoms with E-state index in [-0.39, 0.29) is 34.2 Å². The normalized spacial score (nSPS) is 38.1. The van der Waals surface area contributed by atoms with Crippen LogP contribution >= 0.6 is 0 Å². The first-order chi connectivity index (χ1) is 14.0. The predicted octanol–water partition coefficient (Wildman–Crippen LogP) is 1.36. The molecule has 8 heteroatoms.